The summed E-state index contributed by atoms with van der Waals surface area (Å²) in [4.78, 5) is 39.9. The fourth-order valence-electron chi connectivity index (χ4n) is 3.27. The Morgan fingerprint density at radius 2 is 1.93 bits per heavy atom. The molecule has 0 radical (unpaired) electrons. The monoisotopic (exact) mass is 426 g/mol. The molecule has 9 heteroatoms. The fraction of sp³-hybridized carbons (Fsp3) is 0.650. The maximum atomic E-state index is 12.6. The van der Waals surface area contributed by atoms with E-state index in [4.69, 9.17) is 14.2 Å². The number of hydrogen-bond donors (Lipinski definition) is 1. The average Bonchev–Trinajstić information content (AvgIpc) is 3.00. The molecule has 1 fully saturated rings. The van der Waals surface area contributed by atoms with Crippen molar-refractivity contribution in [2.45, 2.75) is 46.1 Å². The van der Waals surface area contributed by atoms with Gasteiger partial charge < -0.3 is 19.5 Å². The van der Waals surface area contributed by atoms with Gasteiger partial charge in [0.1, 0.15) is 16.5 Å². The van der Waals surface area contributed by atoms with Crippen molar-refractivity contribution >= 4 is 34.2 Å². The highest BCUT2D eigenvalue weighted by atomic mass is 32.1. The lowest BCUT2D eigenvalue weighted by molar-refractivity contribution is -0.118. The molecular formula is C20H30N2O6S. The van der Waals surface area contributed by atoms with E-state index in [1.165, 1.54) is 13.5 Å². The first-order valence-electron chi connectivity index (χ1n) is 9.89. The zero-order valence-corrected chi connectivity index (χ0v) is 18.4. The molecule has 1 amide bonds. The molecule has 0 aliphatic carbocycles. The number of likely N-dealkylation sites (tertiary alicyclic amines) is 1. The summed E-state index contributed by atoms with van der Waals surface area (Å²) in [7, 11) is 1.51. The number of esters is 2. The zero-order chi connectivity index (χ0) is 21.4. The number of nitrogens with one attached hydrogen (secondary N) is 1. The first-order chi connectivity index (χ1) is 13.9. The molecule has 0 aromatic carbocycles. The van der Waals surface area contributed by atoms with Gasteiger partial charge in [0.25, 0.3) is 0 Å². The van der Waals surface area contributed by atoms with Crippen molar-refractivity contribution in [3.8, 4) is 0 Å². The minimum Gasteiger partial charge on any atom is -0.462 e. The number of hydrogen-bond acceptors (Lipinski definition) is 8. The van der Waals surface area contributed by atoms with Gasteiger partial charge in [-0.2, -0.15) is 0 Å². The molecule has 2 rings (SSSR count). The molecule has 1 atom stereocenters. The lowest BCUT2D eigenvalue weighted by Crippen LogP contribution is -2.42. The Labute approximate surface area is 175 Å². The van der Waals surface area contributed by atoms with Crippen LogP contribution in [0, 0.1) is 6.92 Å². The fourth-order valence-corrected chi connectivity index (χ4v) is 4.38. The van der Waals surface area contributed by atoms with E-state index < -0.39 is 11.9 Å². The number of anilines is 1. The maximum Gasteiger partial charge on any atom is 0.348 e. The smallest absolute Gasteiger partial charge is 0.348 e. The summed E-state index contributed by atoms with van der Waals surface area (Å²) >= 11 is 1.03. The van der Waals surface area contributed by atoms with Crippen LogP contribution in [0.25, 0.3) is 0 Å². The van der Waals surface area contributed by atoms with Gasteiger partial charge in [-0.15, -0.1) is 11.3 Å². The van der Waals surface area contributed by atoms with Crippen LogP contribution in [0.1, 0.15) is 58.7 Å². The van der Waals surface area contributed by atoms with E-state index in [2.05, 4.69) is 17.1 Å². The largest absolute Gasteiger partial charge is 0.462 e. The normalized spacial score (nSPS) is 17.0. The number of ether oxygens (including phenoxy) is 3. The van der Waals surface area contributed by atoms with Gasteiger partial charge in [0.15, 0.2) is 0 Å². The van der Waals surface area contributed by atoms with E-state index in [1.807, 2.05) is 0 Å². The molecule has 1 aliphatic rings. The summed E-state index contributed by atoms with van der Waals surface area (Å²) < 4.78 is 15.2. The molecule has 1 aromatic heterocycles. The molecule has 0 bridgehead atoms. The van der Waals surface area contributed by atoms with Crippen LogP contribution in [-0.4, -0.2) is 68.8 Å². The molecule has 8 nitrogen and oxygen atoms in total. The van der Waals surface area contributed by atoms with Crippen LogP contribution in [0.2, 0.25) is 0 Å². The van der Waals surface area contributed by atoms with Crippen LogP contribution in [0.4, 0.5) is 5.00 Å². The Hall–Kier alpha value is -1.97. The Kier molecular flexibility index (Phi) is 9.06. The van der Waals surface area contributed by atoms with E-state index in [9.17, 15) is 14.4 Å². The predicted molar refractivity (Wildman–Crippen MR) is 111 cm³/mol. The van der Waals surface area contributed by atoms with Crippen molar-refractivity contribution in [1.82, 2.24) is 4.90 Å². The Morgan fingerprint density at radius 3 is 2.59 bits per heavy atom. The van der Waals surface area contributed by atoms with Crippen molar-refractivity contribution in [2.75, 3.05) is 45.3 Å². The van der Waals surface area contributed by atoms with Crippen LogP contribution in [-0.2, 0) is 19.0 Å². The molecule has 162 valence electrons. The van der Waals surface area contributed by atoms with E-state index in [0.717, 1.165) is 30.7 Å². The summed E-state index contributed by atoms with van der Waals surface area (Å²) in [5, 5.41) is 3.12. The van der Waals surface area contributed by atoms with Gasteiger partial charge in [0, 0.05) is 13.2 Å². The Morgan fingerprint density at radius 1 is 1.17 bits per heavy atom. The van der Waals surface area contributed by atoms with Gasteiger partial charge in [-0.25, -0.2) is 9.59 Å². The number of thiophene rings is 1. The predicted octanol–water partition coefficient (Wildman–Crippen LogP) is 2.85. The topological polar surface area (TPSA) is 94.2 Å². The highest BCUT2D eigenvalue weighted by Gasteiger charge is 2.28. The number of piperidine rings is 1. The first kappa shape index (κ1) is 23.3. The van der Waals surface area contributed by atoms with Crippen molar-refractivity contribution in [1.29, 1.82) is 0 Å². The number of rotatable bonds is 9. The molecule has 2 heterocycles. The molecular weight excluding hydrogens is 396 g/mol. The minimum absolute atomic E-state index is 0.107. The summed E-state index contributed by atoms with van der Waals surface area (Å²) in [6.07, 6.45) is 3.31. The zero-order valence-electron chi connectivity index (χ0n) is 17.5. The third kappa shape index (κ3) is 6.25. The van der Waals surface area contributed by atoms with Gasteiger partial charge in [-0.3, -0.25) is 9.69 Å². The van der Waals surface area contributed by atoms with E-state index >= 15 is 0 Å². The maximum absolute atomic E-state index is 12.6. The molecule has 1 saturated heterocycles. The van der Waals surface area contributed by atoms with Crippen LogP contribution in [0.3, 0.4) is 0 Å². The van der Waals surface area contributed by atoms with Gasteiger partial charge in [0.05, 0.1) is 25.3 Å². The lowest BCUT2D eigenvalue weighted by atomic mass is 10.0. The van der Waals surface area contributed by atoms with Crippen molar-refractivity contribution in [3.63, 3.8) is 0 Å². The van der Waals surface area contributed by atoms with Crippen molar-refractivity contribution in [3.05, 3.63) is 16.0 Å². The van der Waals surface area contributed by atoms with Crippen LogP contribution in [0.15, 0.2) is 0 Å². The third-order valence-electron chi connectivity index (χ3n) is 4.87. The first-order valence-corrected chi connectivity index (χ1v) is 10.7. The molecule has 1 aliphatic heterocycles. The molecule has 0 unspecified atom stereocenters. The molecule has 0 spiro atoms. The molecule has 29 heavy (non-hydrogen) atoms. The molecule has 0 saturated carbocycles. The van der Waals surface area contributed by atoms with Crippen molar-refractivity contribution < 1.29 is 28.6 Å². The second-order valence-corrected chi connectivity index (χ2v) is 7.99. The third-order valence-corrected chi connectivity index (χ3v) is 6.06. The number of carbonyl (C=O) groups excluding carboxylic acids is 3. The Balaban J connectivity index is 2.19. The summed E-state index contributed by atoms with van der Waals surface area (Å²) in [5.41, 5.74) is 0.646. The van der Waals surface area contributed by atoms with Gasteiger partial charge in [0.2, 0.25) is 5.91 Å². The van der Waals surface area contributed by atoms with E-state index in [-0.39, 0.29) is 42.7 Å². The SMILES string of the molecule is CCOC(=O)c1c(NC(=O)CN2CCCC[C@@H]2C)sc(C(=O)OCCOC)c1C. The summed E-state index contributed by atoms with van der Waals surface area (Å²) in [6, 6.07) is 0.343. The van der Waals surface area contributed by atoms with E-state index in [0.29, 0.717) is 16.6 Å². The molecule has 1 N–H and O–H groups in total. The van der Waals surface area contributed by atoms with Gasteiger partial charge in [-0.05, 0) is 45.7 Å². The van der Waals surface area contributed by atoms with Crippen molar-refractivity contribution in [2.24, 2.45) is 0 Å². The highest BCUT2D eigenvalue weighted by Crippen LogP contribution is 2.34. The quantitative estimate of drug-likeness (QED) is 0.479. The van der Waals surface area contributed by atoms with Crippen LogP contribution >= 0.6 is 11.3 Å². The average molecular weight is 427 g/mol. The van der Waals surface area contributed by atoms with Gasteiger partial charge >= 0.3 is 11.9 Å². The number of carbonyl (C=O) groups is 3. The second-order valence-electron chi connectivity index (χ2n) is 6.97. The molecule has 1 aromatic rings. The lowest BCUT2D eigenvalue weighted by Gasteiger charge is -2.32. The van der Waals surface area contributed by atoms with Crippen LogP contribution in [0.5, 0.6) is 0 Å². The second kappa shape index (κ2) is 11.3. The summed E-state index contributed by atoms with van der Waals surface area (Å²) in [6.45, 7) is 7.16. The highest BCUT2D eigenvalue weighted by molar-refractivity contribution is 7.18. The van der Waals surface area contributed by atoms with E-state index in [1.54, 1.807) is 13.8 Å². The number of nitrogens with zero attached hydrogens (tertiary/aromatic N) is 1. The number of methoxy groups -OCH3 is 1. The summed E-state index contributed by atoms with van der Waals surface area (Å²) in [5.74, 6) is -1.34. The number of amides is 1. The minimum atomic E-state index is -0.571. The standard InChI is InChI=1S/C20H30N2O6S/c1-5-27-19(24)16-14(3)17(20(25)28-11-10-26-4)29-18(16)21-15(23)12-22-9-7-6-8-13(22)2/h13H,5-12H2,1-4H3,(H,21,23)/t13-/m0/s1. The van der Waals surface area contributed by atoms with Gasteiger partial charge in [-0.1, -0.05) is 6.42 Å². The van der Waals surface area contributed by atoms with Crippen LogP contribution < -0.4 is 5.32 Å². The Bertz CT molecular complexity index is 733.